The van der Waals surface area contributed by atoms with Gasteiger partial charge in [-0.1, -0.05) is 0 Å². The van der Waals surface area contributed by atoms with Crippen molar-refractivity contribution in [2.24, 2.45) is 0 Å². The van der Waals surface area contributed by atoms with Crippen LogP contribution in [-0.2, 0) is 0 Å². The number of hydrogen-bond donors (Lipinski definition) is 0. The molecular formula is C6H18NSb3. The van der Waals surface area contributed by atoms with E-state index in [1.165, 1.54) is 0 Å². The fourth-order valence-electron chi connectivity index (χ4n) is 1.07. The zero-order chi connectivity index (χ0) is 8.31. The van der Waals surface area contributed by atoms with Gasteiger partial charge in [0.15, 0.2) is 0 Å². The Morgan fingerprint density at radius 3 is 0.800 bits per heavy atom. The van der Waals surface area contributed by atoms with Crippen molar-refractivity contribution in [3.05, 3.63) is 0 Å². The van der Waals surface area contributed by atoms with Gasteiger partial charge >= 0.3 is 90.1 Å². The molecule has 1 nitrogen and oxygen atoms in total. The Morgan fingerprint density at radius 1 is 0.600 bits per heavy atom. The van der Waals surface area contributed by atoms with Crippen molar-refractivity contribution in [3.8, 4) is 0 Å². The Morgan fingerprint density at radius 2 is 0.800 bits per heavy atom. The summed E-state index contributed by atoms with van der Waals surface area (Å²) in [7, 11) is 0. The van der Waals surface area contributed by atoms with E-state index in [0.29, 0.717) is 0 Å². The summed E-state index contributed by atoms with van der Waals surface area (Å²) in [5.41, 5.74) is 0. The van der Waals surface area contributed by atoms with E-state index in [9.17, 15) is 0 Å². The quantitative estimate of drug-likeness (QED) is 0.572. The van der Waals surface area contributed by atoms with Gasteiger partial charge in [0.1, 0.15) is 0 Å². The second-order valence-electron chi connectivity index (χ2n) is 2.81. The number of nitrogens with zero attached hydrogens (tertiary/aromatic N) is 1. The van der Waals surface area contributed by atoms with E-state index in [-0.39, 0.29) is 0 Å². The third-order valence-electron chi connectivity index (χ3n) is 1.07. The van der Waals surface area contributed by atoms with Crippen LogP contribution in [0.1, 0.15) is 0 Å². The first-order chi connectivity index (χ1) is 4.46. The van der Waals surface area contributed by atoms with Gasteiger partial charge in [-0.2, -0.15) is 0 Å². The predicted molar refractivity (Wildman–Crippen MR) is 54.3 cm³/mol. The molecule has 0 unspecified atom stereocenters. The van der Waals surface area contributed by atoms with Gasteiger partial charge in [-0.05, 0) is 0 Å². The van der Waals surface area contributed by atoms with Crippen molar-refractivity contribution >= 4 is 61.5 Å². The van der Waals surface area contributed by atoms with Crippen LogP contribution in [0.5, 0.6) is 0 Å². The van der Waals surface area contributed by atoms with Crippen LogP contribution in [0.15, 0.2) is 0 Å². The molecule has 0 atom stereocenters. The van der Waals surface area contributed by atoms with Crippen molar-refractivity contribution in [3.63, 3.8) is 0 Å². The molecule has 62 valence electrons. The number of rotatable bonds is 3. The zero-order valence-corrected chi connectivity index (χ0v) is 15.4. The standard InChI is InChI=1S/6CH3.N.3Sb/h6*1H3;;;;. The molecule has 0 aromatic rings. The Balaban J connectivity index is 3.98. The minimum absolute atomic E-state index is 0.800. The average molecular weight is 469 g/mol. The van der Waals surface area contributed by atoms with E-state index in [2.05, 4.69) is 28.6 Å². The molecule has 0 radical (unpaired) electrons. The van der Waals surface area contributed by atoms with Crippen molar-refractivity contribution in [1.82, 2.24) is -0.623 Å². The van der Waals surface area contributed by atoms with E-state index in [1.807, 2.05) is 0 Å². The molecular weight excluding hydrogens is 451 g/mol. The van der Waals surface area contributed by atoms with E-state index in [0.717, 1.165) is 0 Å². The first-order valence-electron chi connectivity index (χ1n) is 3.28. The maximum atomic E-state index is 3.05. The van der Waals surface area contributed by atoms with Crippen LogP contribution in [0.2, 0.25) is 29.2 Å². The number of hydrogen-bond acceptors (Lipinski definition) is 1. The summed E-state index contributed by atoms with van der Waals surface area (Å²) >= 11 is -2.40. The second-order valence-corrected chi connectivity index (χ2v) is 29.1. The molecule has 0 saturated heterocycles. The molecule has 0 amide bonds. The maximum absolute atomic E-state index is 3.05. The van der Waals surface area contributed by atoms with Crippen LogP contribution in [0.4, 0.5) is 0 Å². The molecule has 0 fully saturated rings. The SMILES string of the molecule is [CH3][Sb]([CH3])[N]([Sb]([CH3])[CH3])[Sb]([CH3])[CH3]. The summed E-state index contributed by atoms with van der Waals surface area (Å²) in [4.78, 5) is 15.2. The van der Waals surface area contributed by atoms with Crippen molar-refractivity contribution in [1.29, 1.82) is 0 Å². The van der Waals surface area contributed by atoms with Crippen LogP contribution in [0.3, 0.4) is 0 Å². The van der Waals surface area contributed by atoms with Crippen molar-refractivity contribution < 1.29 is 0 Å². The molecule has 0 aliphatic heterocycles. The van der Waals surface area contributed by atoms with Gasteiger partial charge in [0.25, 0.3) is 0 Å². The Kier molecular flexibility index (Phi) is 7.40. The molecule has 0 aliphatic carbocycles. The van der Waals surface area contributed by atoms with Crippen LogP contribution >= 0.6 is 0 Å². The van der Waals surface area contributed by atoms with E-state index in [1.54, 1.807) is 0 Å². The molecule has 0 aromatic heterocycles. The average Bonchev–Trinajstić information content (AvgIpc) is 1.59. The van der Waals surface area contributed by atoms with Gasteiger partial charge in [0, 0.05) is 0 Å². The molecule has 0 aliphatic rings. The summed E-state index contributed by atoms with van der Waals surface area (Å²) in [6.45, 7) is 0. The van der Waals surface area contributed by atoms with Crippen LogP contribution < -0.4 is 0 Å². The third-order valence-corrected chi connectivity index (χ3v) is 48.3. The fraction of sp³-hybridized carbons (Fsp3) is 1.00. The van der Waals surface area contributed by atoms with E-state index in [4.69, 9.17) is 0 Å². The Bertz CT molecular complexity index is 74.0. The molecule has 0 spiro atoms. The van der Waals surface area contributed by atoms with Crippen LogP contribution in [-0.4, -0.2) is 60.8 Å². The first-order valence-corrected chi connectivity index (χ1v) is 22.0. The topological polar surface area (TPSA) is 3.24 Å². The molecule has 0 aromatic carbocycles. The van der Waals surface area contributed by atoms with Crippen LogP contribution in [0.25, 0.3) is 0 Å². The summed E-state index contributed by atoms with van der Waals surface area (Å²) in [6, 6.07) is 0. The van der Waals surface area contributed by atoms with Gasteiger partial charge in [-0.3, -0.25) is 0 Å². The van der Waals surface area contributed by atoms with Gasteiger partial charge in [-0.25, -0.2) is 0 Å². The molecule has 0 saturated carbocycles. The first kappa shape index (κ1) is 12.4. The van der Waals surface area contributed by atoms with E-state index < -0.39 is 61.5 Å². The van der Waals surface area contributed by atoms with Gasteiger partial charge < -0.3 is 0 Å². The minimum atomic E-state index is -0.800. The third kappa shape index (κ3) is 4.44. The molecule has 0 N–H and O–H groups in total. The molecule has 4 heteroatoms. The molecule has 0 bridgehead atoms. The van der Waals surface area contributed by atoms with Crippen molar-refractivity contribution in [2.75, 3.05) is 0 Å². The second kappa shape index (κ2) is 5.96. The Labute approximate surface area is 88.5 Å². The van der Waals surface area contributed by atoms with Gasteiger partial charge in [0.05, 0.1) is 0 Å². The monoisotopic (exact) mass is 467 g/mol. The summed E-state index contributed by atoms with van der Waals surface area (Å²) in [5.74, 6) is 0. The normalized spacial score (nSPS) is 12.6. The molecule has 0 heterocycles. The Hall–Kier alpha value is 2.41. The predicted octanol–water partition coefficient (Wildman–Crippen LogP) is 2.04. The summed E-state index contributed by atoms with van der Waals surface area (Å²) < 4.78 is 3.05. The zero-order valence-electron chi connectivity index (χ0n) is 7.79. The van der Waals surface area contributed by atoms with Crippen LogP contribution in [0, 0.1) is 0 Å². The van der Waals surface area contributed by atoms with E-state index >= 15 is 0 Å². The van der Waals surface area contributed by atoms with Gasteiger partial charge in [0.2, 0.25) is 0 Å². The fourth-order valence-corrected chi connectivity index (χ4v) is 48.3. The van der Waals surface area contributed by atoms with Crippen molar-refractivity contribution in [2.45, 2.75) is 29.2 Å². The van der Waals surface area contributed by atoms with Gasteiger partial charge in [-0.15, -0.1) is 0 Å². The molecule has 0 rings (SSSR count). The summed E-state index contributed by atoms with van der Waals surface area (Å²) in [6.07, 6.45) is 0. The molecule has 10 heavy (non-hydrogen) atoms. The summed E-state index contributed by atoms with van der Waals surface area (Å²) in [5, 5.41) is 0.